The zero-order valence-electron chi connectivity index (χ0n) is 18.6. The van der Waals surface area contributed by atoms with Crippen LogP contribution in [-0.4, -0.2) is 71.7 Å². The van der Waals surface area contributed by atoms with Crippen LogP contribution in [0.1, 0.15) is 77.6 Å². The Morgan fingerprint density at radius 2 is 1.76 bits per heavy atom. The average molecular weight is 404 g/mol. The Morgan fingerprint density at radius 1 is 1.03 bits per heavy atom. The van der Waals surface area contributed by atoms with E-state index in [0.717, 1.165) is 64.8 Å². The van der Waals surface area contributed by atoms with Crippen LogP contribution in [0.2, 0.25) is 0 Å². The normalized spacial score (nSPS) is 44.3. The van der Waals surface area contributed by atoms with Crippen LogP contribution in [0.25, 0.3) is 0 Å². The van der Waals surface area contributed by atoms with Crippen molar-refractivity contribution in [3.8, 4) is 0 Å². The van der Waals surface area contributed by atoms with Gasteiger partial charge in [0.1, 0.15) is 0 Å². The zero-order chi connectivity index (χ0) is 20.3. The molecule has 1 heterocycles. The van der Waals surface area contributed by atoms with Crippen molar-refractivity contribution in [2.24, 2.45) is 16.7 Å². The van der Waals surface area contributed by atoms with E-state index in [1.54, 1.807) is 0 Å². The Balaban J connectivity index is 1.31. The van der Waals surface area contributed by atoms with Gasteiger partial charge in [0.2, 0.25) is 5.91 Å². The second-order valence-electron chi connectivity index (χ2n) is 11.8. The quantitative estimate of drug-likeness (QED) is 0.741. The second-order valence-corrected chi connectivity index (χ2v) is 11.8. The van der Waals surface area contributed by atoms with Crippen LogP contribution in [0.15, 0.2) is 0 Å². The number of nitrogens with zero attached hydrogens (tertiary/aromatic N) is 2. The number of carbonyl (C=O) groups is 1. The highest BCUT2D eigenvalue weighted by Gasteiger charge is 2.64. The van der Waals surface area contributed by atoms with Crippen molar-refractivity contribution < 1.29 is 9.90 Å². The molecule has 0 aromatic heterocycles. The predicted molar refractivity (Wildman–Crippen MR) is 115 cm³/mol. The third-order valence-corrected chi connectivity index (χ3v) is 9.67. The predicted octanol–water partition coefficient (Wildman–Crippen LogP) is 2.77. The van der Waals surface area contributed by atoms with E-state index in [0.29, 0.717) is 12.3 Å². The van der Waals surface area contributed by atoms with Crippen LogP contribution in [-0.2, 0) is 4.79 Å². The summed E-state index contributed by atoms with van der Waals surface area (Å²) in [4.78, 5) is 18.8. The Kier molecular flexibility index (Phi) is 4.84. The summed E-state index contributed by atoms with van der Waals surface area (Å²) in [6.07, 6.45) is 11.9. The van der Waals surface area contributed by atoms with Gasteiger partial charge in [0.15, 0.2) is 0 Å². The Morgan fingerprint density at radius 3 is 2.41 bits per heavy atom. The fourth-order valence-electron chi connectivity index (χ4n) is 8.58. The van der Waals surface area contributed by atoms with Crippen molar-refractivity contribution in [2.45, 2.75) is 88.7 Å². The molecule has 1 amide bonds. The molecule has 0 aromatic rings. The number of piperazine rings is 1. The number of carbonyl (C=O) groups excluding carboxylic acids is 1. The minimum atomic E-state index is -0.588. The van der Waals surface area contributed by atoms with Gasteiger partial charge in [0, 0.05) is 38.3 Å². The molecule has 164 valence electrons. The molecule has 1 saturated heterocycles. The molecular formula is C24H41N3O2. The molecule has 6 aliphatic rings. The fourth-order valence-corrected chi connectivity index (χ4v) is 8.58. The molecule has 2 N–H and O–H groups in total. The molecule has 0 aromatic carbocycles. The molecule has 4 atom stereocenters. The number of likely N-dealkylation sites (N-methyl/N-ethyl adjacent to an activating group) is 1. The topological polar surface area (TPSA) is 55.8 Å². The smallest absolute Gasteiger partial charge is 0.226 e. The van der Waals surface area contributed by atoms with Crippen LogP contribution in [0, 0.1) is 16.7 Å². The van der Waals surface area contributed by atoms with Crippen LogP contribution in [0.5, 0.6) is 0 Å². The first-order valence-corrected chi connectivity index (χ1v) is 12.2. The van der Waals surface area contributed by atoms with Crippen molar-refractivity contribution >= 4 is 5.91 Å². The van der Waals surface area contributed by atoms with Crippen molar-refractivity contribution in [2.75, 3.05) is 39.8 Å². The summed E-state index contributed by atoms with van der Waals surface area (Å²) in [7, 11) is 2.21. The Labute approximate surface area is 176 Å². The number of hydrogen-bond donors (Lipinski definition) is 2. The van der Waals surface area contributed by atoms with E-state index >= 15 is 0 Å². The van der Waals surface area contributed by atoms with Gasteiger partial charge in [-0.15, -0.1) is 0 Å². The number of nitrogens with one attached hydrogen (secondary N) is 1. The molecule has 0 spiro atoms. The third kappa shape index (κ3) is 3.36. The molecule has 6 fully saturated rings. The summed E-state index contributed by atoms with van der Waals surface area (Å²) in [5, 5.41) is 14.8. The molecule has 5 nitrogen and oxygen atoms in total. The summed E-state index contributed by atoms with van der Waals surface area (Å²) in [5.41, 5.74) is -0.534. The standard InChI is InChI=1S/C24H41N3O2/c1-3-21-12-19-13-22(15-21,17-24(29,14-19)16-21)20(28)25-18-23(6-4-5-7-23)27-10-8-26(2)9-11-27/h19,29H,3-18H2,1-2H3,(H,25,28). The number of rotatable bonds is 5. The van der Waals surface area contributed by atoms with Gasteiger partial charge >= 0.3 is 0 Å². The van der Waals surface area contributed by atoms with Crippen molar-refractivity contribution in [3.05, 3.63) is 0 Å². The van der Waals surface area contributed by atoms with Crippen molar-refractivity contribution in [1.29, 1.82) is 0 Å². The largest absolute Gasteiger partial charge is 0.390 e. The molecule has 29 heavy (non-hydrogen) atoms. The maximum absolute atomic E-state index is 13.7. The molecule has 6 rings (SSSR count). The first-order chi connectivity index (χ1) is 13.8. The molecule has 5 heteroatoms. The van der Waals surface area contributed by atoms with Crippen LogP contribution in [0.4, 0.5) is 0 Å². The lowest BCUT2D eigenvalue weighted by molar-refractivity contribution is -0.204. The molecule has 5 saturated carbocycles. The van der Waals surface area contributed by atoms with E-state index < -0.39 is 5.60 Å². The lowest BCUT2D eigenvalue weighted by Crippen LogP contribution is -2.65. The van der Waals surface area contributed by atoms with E-state index in [9.17, 15) is 9.90 Å². The molecule has 1 aliphatic heterocycles. The summed E-state index contributed by atoms with van der Waals surface area (Å²) in [5.74, 6) is 0.804. The van der Waals surface area contributed by atoms with E-state index in [-0.39, 0.29) is 22.3 Å². The summed E-state index contributed by atoms with van der Waals surface area (Å²) < 4.78 is 0. The number of aliphatic hydroxyl groups is 1. The highest BCUT2D eigenvalue weighted by Crippen LogP contribution is 2.67. The maximum Gasteiger partial charge on any atom is 0.226 e. The lowest BCUT2D eigenvalue weighted by atomic mass is 9.42. The average Bonchev–Trinajstić information content (AvgIpc) is 3.15. The van der Waals surface area contributed by atoms with Gasteiger partial charge in [-0.1, -0.05) is 26.2 Å². The van der Waals surface area contributed by atoms with E-state index in [1.807, 2.05) is 0 Å². The fraction of sp³-hybridized carbons (Fsp3) is 0.958. The van der Waals surface area contributed by atoms with Crippen LogP contribution >= 0.6 is 0 Å². The molecule has 4 bridgehead atoms. The highest BCUT2D eigenvalue weighted by atomic mass is 16.3. The monoisotopic (exact) mass is 403 g/mol. The van der Waals surface area contributed by atoms with Gasteiger partial charge in [-0.25, -0.2) is 0 Å². The minimum Gasteiger partial charge on any atom is -0.390 e. The van der Waals surface area contributed by atoms with Crippen molar-refractivity contribution in [3.63, 3.8) is 0 Å². The third-order valence-electron chi connectivity index (χ3n) is 9.67. The molecule has 4 unspecified atom stereocenters. The number of amides is 1. The first-order valence-electron chi connectivity index (χ1n) is 12.2. The Hall–Kier alpha value is -0.650. The highest BCUT2D eigenvalue weighted by molar-refractivity contribution is 5.83. The van der Waals surface area contributed by atoms with Gasteiger partial charge in [0.25, 0.3) is 0 Å². The van der Waals surface area contributed by atoms with E-state index in [2.05, 4.69) is 29.1 Å². The van der Waals surface area contributed by atoms with Crippen molar-refractivity contribution in [1.82, 2.24) is 15.1 Å². The van der Waals surface area contributed by atoms with Gasteiger partial charge in [0.05, 0.1) is 11.0 Å². The second kappa shape index (κ2) is 6.93. The Bertz CT molecular complexity index is 655. The van der Waals surface area contributed by atoms with Gasteiger partial charge < -0.3 is 15.3 Å². The molecule has 5 aliphatic carbocycles. The number of hydrogen-bond acceptors (Lipinski definition) is 4. The zero-order valence-corrected chi connectivity index (χ0v) is 18.6. The van der Waals surface area contributed by atoms with Gasteiger partial charge in [-0.3, -0.25) is 9.69 Å². The molecular weight excluding hydrogens is 362 g/mol. The van der Waals surface area contributed by atoms with E-state index in [1.165, 1.54) is 32.1 Å². The van der Waals surface area contributed by atoms with Gasteiger partial charge in [-0.05, 0) is 69.7 Å². The van der Waals surface area contributed by atoms with E-state index in [4.69, 9.17) is 0 Å². The summed E-state index contributed by atoms with van der Waals surface area (Å²) in [6.45, 7) is 7.58. The lowest BCUT2D eigenvalue weighted by Gasteiger charge is -2.64. The van der Waals surface area contributed by atoms with Crippen LogP contribution < -0.4 is 5.32 Å². The summed E-state index contributed by atoms with van der Waals surface area (Å²) in [6, 6.07) is 0. The SMILES string of the molecule is CCC12CC3CC(O)(C1)CC(C(=O)NCC1(N4CCN(C)CC4)CCCC1)(C3)C2. The summed E-state index contributed by atoms with van der Waals surface area (Å²) >= 11 is 0. The maximum atomic E-state index is 13.7. The minimum absolute atomic E-state index is 0.165. The molecule has 0 radical (unpaired) electrons. The van der Waals surface area contributed by atoms with Gasteiger partial charge in [-0.2, -0.15) is 0 Å². The van der Waals surface area contributed by atoms with Crippen LogP contribution in [0.3, 0.4) is 0 Å². The first kappa shape index (κ1) is 20.3.